The summed E-state index contributed by atoms with van der Waals surface area (Å²) in [5.74, 6) is 0.651. The van der Waals surface area contributed by atoms with Crippen LogP contribution in [0.4, 0.5) is 0 Å². The molecule has 1 rings (SSSR count). The van der Waals surface area contributed by atoms with Gasteiger partial charge in [-0.2, -0.15) is 0 Å². The lowest BCUT2D eigenvalue weighted by Gasteiger charge is -2.35. The second-order valence-corrected chi connectivity index (χ2v) is 4.91. The third-order valence-electron chi connectivity index (χ3n) is 2.86. The Hall–Kier alpha value is -0.610. The van der Waals surface area contributed by atoms with E-state index in [2.05, 4.69) is 0 Å². The fourth-order valence-electron chi connectivity index (χ4n) is 1.95. The van der Waals surface area contributed by atoms with Gasteiger partial charge in [0.05, 0.1) is 5.54 Å². The van der Waals surface area contributed by atoms with Crippen molar-refractivity contribution in [2.45, 2.75) is 32.2 Å². The summed E-state index contributed by atoms with van der Waals surface area (Å²) in [7, 11) is 1.72. The molecular weight excluding hydrogens is 192 g/mol. The highest BCUT2D eigenvalue weighted by molar-refractivity contribution is 5.85. The van der Waals surface area contributed by atoms with Crippen molar-refractivity contribution in [2.75, 3.05) is 26.8 Å². The van der Waals surface area contributed by atoms with Crippen LogP contribution in [-0.4, -0.2) is 43.2 Å². The molecule has 0 bridgehead atoms. The molecule has 4 heteroatoms. The van der Waals surface area contributed by atoms with Gasteiger partial charge in [0.15, 0.2) is 0 Å². The van der Waals surface area contributed by atoms with Gasteiger partial charge in [-0.25, -0.2) is 0 Å². The van der Waals surface area contributed by atoms with Crippen LogP contribution in [0.3, 0.4) is 0 Å². The average Bonchev–Trinajstić information content (AvgIpc) is 2.17. The maximum Gasteiger partial charge on any atom is 0.242 e. The normalized spacial score (nSPS) is 19.3. The van der Waals surface area contributed by atoms with Gasteiger partial charge in [-0.15, -0.1) is 0 Å². The standard InChI is InChI=1S/C11H22N2O2/c1-11(2,12)10(14)13-6-4-9(5-7-13)8-15-3/h9H,4-8,12H2,1-3H3. The Morgan fingerprint density at radius 2 is 2.00 bits per heavy atom. The van der Waals surface area contributed by atoms with Crippen molar-refractivity contribution in [1.82, 2.24) is 4.90 Å². The molecular formula is C11H22N2O2. The van der Waals surface area contributed by atoms with Crippen LogP contribution in [-0.2, 0) is 9.53 Å². The molecule has 15 heavy (non-hydrogen) atoms. The van der Waals surface area contributed by atoms with E-state index in [1.165, 1.54) is 0 Å². The first kappa shape index (κ1) is 12.5. The maximum atomic E-state index is 11.9. The summed E-state index contributed by atoms with van der Waals surface area (Å²) in [6, 6.07) is 0. The average molecular weight is 214 g/mol. The SMILES string of the molecule is COCC1CCN(C(=O)C(C)(C)N)CC1. The quantitative estimate of drug-likeness (QED) is 0.749. The summed E-state index contributed by atoms with van der Waals surface area (Å²) in [5.41, 5.74) is 5.05. The number of nitrogens with two attached hydrogens (primary N) is 1. The summed E-state index contributed by atoms with van der Waals surface area (Å²) < 4.78 is 5.12. The highest BCUT2D eigenvalue weighted by Crippen LogP contribution is 2.19. The zero-order chi connectivity index (χ0) is 11.5. The molecule has 0 radical (unpaired) electrons. The maximum absolute atomic E-state index is 11.9. The summed E-state index contributed by atoms with van der Waals surface area (Å²) in [5, 5.41) is 0. The van der Waals surface area contributed by atoms with E-state index in [1.54, 1.807) is 21.0 Å². The van der Waals surface area contributed by atoms with Gasteiger partial charge in [0.25, 0.3) is 0 Å². The van der Waals surface area contributed by atoms with E-state index in [0.29, 0.717) is 5.92 Å². The van der Waals surface area contributed by atoms with E-state index in [1.807, 2.05) is 4.90 Å². The Balaban J connectivity index is 2.41. The van der Waals surface area contributed by atoms with Crippen LogP contribution in [0.2, 0.25) is 0 Å². The van der Waals surface area contributed by atoms with Crippen LogP contribution in [0.15, 0.2) is 0 Å². The Bertz CT molecular complexity index is 215. The van der Waals surface area contributed by atoms with Crippen molar-refractivity contribution in [3.8, 4) is 0 Å². The first-order valence-electron chi connectivity index (χ1n) is 5.52. The van der Waals surface area contributed by atoms with Crippen molar-refractivity contribution in [2.24, 2.45) is 11.7 Å². The van der Waals surface area contributed by atoms with Gasteiger partial charge in [-0.1, -0.05) is 0 Å². The second kappa shape index (κ2) is 4.94. The molecule has 0 aliphatic carbocycles. The number of hydrogen-bond donors (Lipinski definition) is 1. The molecule has 0 aromatic rings. The predicted molar refractivity (Wildman–Crippen MR) is 59.4 cm³/mol. The second-order valence-electron chi connectivity index (χ2n) is 4.91. The van der Waals surface area contributed by atoms with Gasteiger partial charge in [-0.05, 0) is 32.6 Å². The fraction of sp³-hybridized carbons (Fsp3) is 0.909. The molecule has 4 nitrogen and oxygen atoms in total. The highest BCUT2D eigenvalue weighted by atomic mass is 16.5. The smallest absolute Gasteiger partial charge is 0.242 e. The van der Waals surface area contributed by atoms with Gasteiger partial charge in [-0.3, -0.25) is 4.79 Å². The number of likely N-dealkylation sites (tertiary alicyclic amines) is 1. The predicted octanol–water partition coefficient (Wildman–Crippen LogP) is 0.609. The van der Waals surface area contributed by atoms with Crippen LogP contribution >= 0.6 is 0 Å². The summed E-state index contributed by atoms with van der Waals surface area (Å²) in [6.07, 6.45) is 2.05. The van der Waals surface area contributed by atoms with E-state index >= 15 is 0 Å². The molecule has 0 spiro atoms. The topological polar surface area (TPSA) is 55.6 Å². The number of piperidine rings is 1. The lowest BCUT2D eigenvalue weighted by molar-refractivity contribution is -0.137. The van der Waals surface area contributed by atoms with Gasteiger partial charge < -0.3 is 15.4 Å². The van der Waals surface area contributed by atoms with Crippen molar-refractivity contribution < 1.29 is 9.53 Å². The zero-order valence-corrected chi connectivity index (χ0v) is 9.95. The first-order chi connectivity index (χ1) is 6.95. The Labute approximate surface area is 91.8 Å². The van der Waals surface area contributed by atoms with Crippen LogP contribution in [0, 0.1) is 5.92 Å². The van der Waals surface area contributed by atoms with Gasteiger partial charge >= 0.3 is 0 Å². The molecule has 1 amide bonds. The number of rotatable bonds is 3. The molecule has 0 unspecified atom stereocenters. The summed E-state index contributed by atoms with van der Waals surface area (Å²) in [4.78, 5) is 13.7. The largest absolute Gasteiger partial charge is 0.384 e. The van der Waals surface area contributed by atoms with Gasteiger partial charge in [0.2, 0.25) is 5.91 Å². The number of carbonyl (C=O) groups excluding carboxylic acids is 1. The molecule has 1 aliphatic rings. The van der Waals surface area contributed by atoms with E-state index in [4.69, 9.17) is 10.5 Å². The Kier molecular flexibility index (Phi) is 4.11. The highest BCUT2D eigenvalue weighted by Gasteiger charge is 2.30. The zero-order valence-electron chi connectivity index (χ0n) is 9.95. The molecule has 88 valence electrons. The minimum Gasteiger partial charge on any atom is -0.384 e. The Morgan fingerprint density at radius 1 is 1.47 bits per heavy atom. The lowest BCUT2D eigenvalue weighted by Crippen LogP contribution is -2.53. The number of nitrogens with zero attached hydrogens (tertiary/aromatic N) is 1. The van der Waals surface area contributed by atoms with E-state index in [0.717, 1.165) is 32.5 Å². The summed E-state index contributed by atoms with van der Waals surface area (Å²) >= 11 is 0. The molecule has 2 N–H and O–H groups in total. The van der Waals surface area contributed by atoms with E-state index in [-0.39, 0.29) is 5.91 Å². The minimum atomic E-state index is -0.742. The van der Waals surface area contributed by atoms with Crippen molar-refractivity contribution in [3.05, 3.63) is 0 Å². The van der Waals surface area contributed by atoms with E-state index < -0.39 is 5.54 Å². The summed E-state index contributed by atoms with van der Waals surface area (Å²) in [6.45, 7) is 5.95. The van der Waals surface area contributed by atoms with Gasteiger partial charge in [0.1, 0.15) is 0 Å². The van der Waals surface area contributed by atoms with Crippen LogP contribution < -0.4 is 5.73 Å². The number of carbonyl (C=O) groups is 1. The number of hydrogen-bond acceptors (Lipinski definition) is 3. The third-order valence-corrected chi connectivity index (χ3v) is 2.86. The molecule has 0 aromatic carbocycles. The molecule has 1 aliphatic heterocycles. The van der Waals surface area contributed by atoms with Crippen LogP contribution in [0.1, 0.15) is 26.7 Å². The number of methoxy groups -OCH3 is 1. The first-order valence-corrected chi connectivity index (χ1v) is 5.52. The van der Waals surface area contributed by atoms with Crippen LogP contribution in [0.25, 0.3) is 0 Å². The lowest BCUT2D eigenvalue weighted by atomic mass is 9.95. The van der Waals surface area contributed by atoms with Crippen molar-refractivity contribution in [1.29, 1.82) is 0 Å². The molecule has 0 atom stereocenters. The van der Waals surface area contributed by atoms with Crippen LogP contribution in [0.5, 0.6) is 0 Å². The number of ether oxygens (including phenoxy) is 1. The van der Waals surface area contributed by atoms with Gasteiger partial charge in [0, 0.05) is 26.8 Å². The third kappa shape index (κ3) is 3.47. The molecule has 1 saturated heterocycles. The van der Waals surface area contributed by atoms with E-state index in [9.17, 15) is 4.79 Å². The minimum absolute atomic E-state index is 0.0540. The molecule has 1 fully saturated rings. The molecule has 1 heterocycles. The van der Waals surface area contributed by atoms with Crippen molar-refractivity contribution in [3.63, 3.8) is 0 Å². The monoisotopic (exact) mass is 214 g/mol. The van der Waals surface area contributed by atoms with Crippen molar-refractivity contribution >= 4 is 5.91 Å². The molecule has 0 saturated carbocycles. The fourth-order valence-corrected chi connectivity index (χ4v) is 1.95. The molecule has 0 aromatic heterocycles. The Morgan fingerprint density at radius 3 is 2.40 bits per heavy atom. The number of amides is 1.